The molecule has 5 nitrogen and oxygen atoms in total. The van der Waals surface area contributed by atoms with E-state index in [2.05, 4.69) is 0 Å². The van der Waals surface area contributed by atoms with Crippen molar-refractivity contribution in [2.45, 2.75) is 38.1 Å². The molecule has 0 spiro atoms. The molecule has 0 N–H and O–H groups in total. The fraction of sp³-hybridized carbons (Fsp3) is 0.625. The van der Waals surface area contributed by atoms with Gasteiger partial charge in [-0.05, 0) is 25.0 Å². The predicted octanol–water partition coefficient (Wildman–Crippen LogP) is 2.65. The molecule has 0 unspecified atom stereocenters. The molecule has 7 heteroatoms. The van der Waals surface area contributed by atoms with Crippen molar-refractivity contribution in [2.24, 2.45) is 0 Å². The summed E-state index contributed by atoms with van der Waals surface area (Å²) < 4.78 is 46.6. The van der Waals surface area contributed by atoms with Crippen molar-refractivity contribution in [1.82, 2.24) is 8.61 Å². The molecular formula is C16H25FN2O3S. The van der Waals surface area contributed by atoms with Crippen molar-refractivity contribution < 1.29 is 17.5 Å². The van der Waals surface area contributed by atoms with Gasteiger partial charge in [0.1, 0.15) is 6.61 Å². The van der Waals surface area contributed by atoms with Crippen molar-refractivity contribution in [3.05, 3.63) is 30.1 Å². The van der Waals surface area contributed by atoms with Crippen LogP contribution in [0.5, 0.6) is 5.75 Å². The smallest absolute Gasteiger partial charge is 0.281 e. The number of rotatable bonds is 7. The molecule has 23 heavy (non-hydrogen) atoms. The Kier molecular flexibility index (Phi) is 6.38. The maximum Gasteiger partial charge on any atom is 0.281 e. The lowest BCUT2D eigenvalue weighted by Gasteiger charge is -2.33. The topological polar surface area (TPSA) is 49.9 Å². The van der Waals surface area contributed by atoms with Gasteiger partial charge in [-0.2, -0.15) is 17.0 Å². The van der Waals surface area contributed by atoms with Crippen molar-refractivity contribution in [2.75, 3.05) is 27.2 Å². The van der Waals surface area contributed by atoms with Crippen LogP contribution in [0.4, 0.5) is 4.39 Å². The molecule has 0 bridgehead atoms. The Morgan fingerprint density at radius 1 is 1.17 bits per heavy atom. The second-order valence-corrected chi connectivity index (χ2v) is 8.01. The first-order valence-corrected chi connectivity index (χ1v) is 9.39. The summed E-state index contributed by atoms with van der Waals surface area (Å²) >= 11 is 0. The molecule has 1 fully saturated rings. The molecule has 0 heterocycles. The van der Waals surface area contributed by atoms with Gasteiger partial charge in [0.25, 0.3) is 10.2 Å². The number of nitrogens with zero attached hydrogens (tertiary/aromatic N) is 2. The van der Waals surface area contributed by atoms with E-state index in [0.29, 0.717) is 0 Å². The number of hydrogen-bond acceptors (Lipinski definition) is 3. The van der Waals surface area contributed by atoms with E-state index < -0.39 is 16.0 Å². The van der Waals surface area contributed by atoms with Crippen LogP contribution in [0, 0.1) is 5.82 Å². The average molecular weight is 344 g/mol. The van der Waals surface area contributed by atoms with Gasteiger partial charge in [0.15, 0.2) is 11.6 Å². The van der Waals surface area contributed by atoms with E-state index in [0.717, 1.165) is 25.7 Å². The van der Waals surface area contributed by atoms with Gasteiger partial charge >= 0.3 is 0 Å². The fourth-order valence-corrected chi connectivity index (χ4v) is 4.15. The minimum Gasteiger partial charge on any atom is -0.489 e. The maximum atomic E-state index is 13.5. The second kappa shape index (κ2) is 8.08. The van der Waals surface area contributed by atoms with Gasteiger partial charge in [0, 0.05) is 26.7 Å². The van der Waals surface area contributed by atoms with Gasteiger partial charge in [0.2, 0.25) is 0 Å². The predicted molar refractivity (Wildman–Crippen MR) is 88.1 cm³/mol. The summed E-state index contributed by atoms with van der Waals surface area (Å²) in [5, 5.41) is 0. The molecule has 0 amide bonds. The Labute approximate surface area is 138 Å². The van der Waals surface area contributed by atoms with Gasteiger partial charge in [-0.3, -0.25) is 0 Å². The van der Waals surface area contributed by atoms with Crippen LogP contribution in [0.2, 0.25) is 0 Å². The molecule has 1 saturated carbocycles. The van der Waals surface area contributed by atoms with Crippen LogP contribution >= 0.6 is 0 Å². The van der Waals surface area contributed by atoms with E-state index in [4.69, 9.17) is 4.74 Å². The van der Waals surface area contributed by atoms with Gasteiger partial charge < -0.3 is 4.74 Å². The molecule has 0 aliphatic heterocycles. The zero-order chi connectivity index (χ0) is 16.9. The molecule has 2 rings (SSSR count). The van der Waals surface area contributed by atoms with E-state index in [1.807, 2.05) is 0 Å². The molecule has 0 atom stereocenters. The normalized spacial score (nSPS) is 16.9. The van der Waals surface area contributed by atoms with Gasteiger partial charge in [-0.1, -0.05) is 31.4 Å². The highest BCUT2D eigenvalue weighted by molar-refractivity contribution is 7.86. The van der Waals surface area contributed by atoms with E-state index in [1.54, 1.807) is 19.2 Å². The zero-order valence-electron chi connectivity index (χ0n) is 13.7. The molecule has 0 aromatic heterocycles. The summed E-state index contributed by atoms with van der Waals surface area (Å²) in [4.78, 5) is 0. The summed E-state index contributed by atoms with van der Waals surface area (Å²) in [6.07, 6.45) is 5.15. The van der Waals surface area contributed by atoms with Crippen molar-refractivity contribution in [1.29, 1.82) is 0 Å². The number of likely N-dealkylation sites (N-methyl/N-ethyl adjacent to an activating group) is 1. The van der Waals surface area contributed by atoms with Gasteiger partial charge in [-0.25, -0.2) is 4.39 Å². The Hall–Kier alpha value is -1.18. The monoisotopic (exact) mass is 344 g/mol. The maximum absolute atomic E-state index is 13.5. The fourth-order valence-electron chi connectivity index (χ4n) is 2.81. The third-order valence-electron chi connectivity index (χ3n) is 4.35. The highest BCUT2D eigenvalue weighted by Crippen LogP contribution is 2.24. The highest BCUT2D eigenvalue weighted by atomic mass is 32.2. The minimum atomic E-state index is -3.51. The van der Waals surface area contributed by atoms with Crippen LogP contribution in [0.25, 0.3) is 0 Å². The molecule has 0 saturated heterocycles. The molecule has 1 aromatic carbocycles. The first-order chi connectivity index (χ1) is 10.9. The Morgan fingerprint density at radius 3 is 2.48 bits per heavy atom. The van der Waals surface area contributed by atoms with E-state index in [-0.39, 0.29) is 24.9 Å². The minimum absolute atomic E-state index is 0.0729. The summed E-state index contributed by atoms with van der Waals surface area (Å²) in [7, 11) is -0.345. The Bertz CT molecular complexity index is 603. The Balaban J connectivity index is 1.88. The lowest BCUT2D eigenvalue weighted by atomic mass is 9.96. The number of hydrogen-bond donors (Lipinski definition) is 0. The third kappa shape index (κ3) is 4.65. The molecule has 1 aliphatic carbocycles. The van der Waals surface area contributed by atoms with Crippen LogP contribution < -0.4 is 4.74 Å². The van der Waals surface area contributed by atoms with Crippen LogP contribution in [-0.2, 0) is 10.2 Å². The second-order valence-electron chi connectivity index (χ2n) is 5.92. The molecule has 1 aliphatic rings. The lowest BCUT2D eigenvalue weighted by molar-refractivity contribution is 0.247. The van der Waals surface area contributed by atoms with Crippen LogP contribution in [0.3, 0.4) is 0 Å². The molecule has 1 aromatic rings. The summed E-state index contributed by atoms with van der Waals surface area (Å²) in [5.74, 6) is -0.309. The number of ether oxygens (including phenoxy) is 1. The van der Waals surface area contributed by atoms with Crippen molar-refractivity contribution >= 4 is 10.2 Å². The first-order valence-electron chi connectivity index (χ1n) is 7.99. The lowest BCUT2D eigenvalue weighted by Crippen LogP contribution is -2.46. The van der Waals surface area contributed by atoms with Crippen LogP contribution in [0.1, 0.15) is 32.1 Å². The SMILES string of the molecule is CN(CCOc1ccccc1F)S(=O)(=O)N(C)C1CCCCC1. The summed E-state index contributed by atoms with van der Waals surface area (Å²) in [6, 6.07) is 6.17. The zero-order valence-corrected chi connectivity index (χ0v) is 14.6. The quantitative estimate of drug-likeness (QED) is 0.764. The van der Waals surface area contributed by atoms with Crippen molar-refractivity contribution in [3.63, 3.8) is 0 Å². The molecule has 130 valence electrons. The largest absolute Gasteiger partial charge is 0.489 e. The number of halogens is 1. The van der Waals surface area contributed by atoms with E-state index in [9.17, 15) is 12.8 Å². The highest BCUT2D eigenvalue weighted by Gasteiger charge is 2.30. The van der Waals surface area contributed by atoms with Crippen LogP contribution in [-0.4, -0.2) is 50.3 Å². The first kappa shape index (κ1) is 18.2. The van der Waals surface area contributed by atoms with E-state index >= 15 is 0 Å². The summed E-state index contributed by atoms with van der Waals surface area (Å²) in [5.41, 5.74) is 0. The number of benzene rings is 1. The standard InChI is InChI=1S/C16H25FN2O3S/c1-18(12-13-22-16-11-7-6-10-15(16)17)23(20,21)19(2)14-8-4-3-5-9-14/h6-7,10-11,14H,3-5,8-9,12-13H2,1-2H3. The average Bonchev–Trinajstić information content (AvgIpc) is 2.56. The van der Waals surface area contributed by atoms with Crippen molar-refractivity contribution in [3.8, 4) is 5.75 Å². The Morgan fingerprint density at radius 2 is 1.83 bits per heavy atom. The molecule has 0 radical (unpaired) electrons. The van der Waals surface area contributed by atoms with Gasteiger partial charge in [0.05, 0.1) is 0 Å². The third-order valence-corrected chi connectivity index (χ3v) is 6.34. The number of para-hydroxylation sites is 1. The molecular weight excluding hydrogens is 319 g/mol. The van der Waals surface area contributed by atoms with Gasteiger partial charge in [-0.15, -0.1) is 0 Å². The summed E-state index contributed by atoms with van der Waals surface area (Å²) in [6.45, 7) is 0.281. The van der Waals surface area contributed by atoms with E-state index in [1.165, 1.54) is 34.2 Å². The van der Waals surface area contributed by atoms with Crippen LogP contribution in [0.15, 0.2) is 24.3 Å².